The molecule has 0 N–H and O–H groups in total. The zero-order valence-electron chi connectivity index (χ0n) is 7.84. The fraction of sp³-hybridized carbons (Fsp3) is 0.0833. The second kappa shape index (κ2) is 4.33. The van der Waals surface area contributed by atoms with Crippen LogP contribution in [0.4, 0.5) is 0 Å². The molecule has 2 aromatic rings. The van der Waals surface area contributed by atoms with Crippen molar-refractivity contribution in [3.8, 4) is 0 Å². The van der Waals surface area contributed by atoms with Crippen LogP contribution in [-0.2, 0) is 0 Å². The Morgan fingerprint density at radius 3 is 2.53 bits per heavy atom. The lowest BCUT2D eigenvalue weighted by molar-refractivity contribution is 0.102. The Morgan fingerprint density at radius 1 is 1.13 bits per heavy atom. The molecule has 0 atom stereocenters. The van der Waals surface area contributed by atoms with E-state index in [1.54, 1.807) is 6.07 Å². The van der Waals surface area contributed by atoms with E-state index in [0.29, 0.717) is 5.56 Å². The number of halogens is 2. The van der Waals surface area contributed by atoms with Crippen LogP contribution in [0.2, 0.25) is 0 Å². The molecule has 76 valence electrons. The number of ketones is 1. The first-order valence-corrected chi connectivity index (χ1v) is 5.82. The number of benzene rings is 2. The average molecular weight is 284 g/mol. The van der Waals surface area contributed by atoms with Gasteiger partial charge in [0.2, 0.25) is 0 Å². The van der Waals surface area contributed by atoms with E-state index in [-0.39, 0.29) is 11.7 Å². The van der Waals surface area contributed by atoms with Crippen molar-refractivity contribution in [1.29, 1.82) is 0 Å². The van der Waals surface area contributed by atoms with Gasteiger partial charge >= 0.3 is 0 Å². The number of Topliss-reactive ketones (excluding diaryl/α,β-unsaturated/α-hetero) is 1. The first-order chi connectivity index (χ1) is 7.20. The molecule has 1 nitrogen and oxygen atoms in total. The Balaban J connectivity index is 2.57. The van der Waals surface area contributed by atoms with Crippen LogP contribution < -0.4 is 0 Å². The van der Waals surface area contributed by atoms with Crippen molar-refractivity contribution in [2.75, 3.05) is 5.88 Å². The standard InChI is InChI=1S/C12H8BrClO/c13-11-4-3-8-5-10(12(15)7-14)2-1-9(8)6-11/h1-6H,7H2. The van der Waals surface area contributed by atoms with Crippen molar-refractivity contribution < 1.29 is 4.79 Å². The van der Waals surface area contributed by atoms with Crippen molar-refractivity contribution >= 4 is 44.1 Å². The largest absolute Gasteiger partial charge is 0.293 e. The van der Waals surface area contributed by atoms with E-state index in [4.69, 9.17) is 11.6 Å². The van der Waals surface area contributed by atoms with Crippen molar-refractivity contribution in [2.24, 2.45) is 0 Å². The van der Waals surface area contributed by atoms with Gasteiger partial charge in [-0.1, -0.05) is 34.1 Å². The second-order valence-electron chi connectivity index (χ2n) is 3.26. The maximum atomic E-state index is 11.4. The minimum Gasteiger partial charge on any atom is -0.293 e. The van der Waals surface area contributed by atoms with Crippen LogP contribution >= 0.6 is 27.5 Å². The first kappa shape index (κ1) is 10.7. The van der Waals surface area contributed by atoms with Crippen molar-refractivity contribution in [3.05, 3.63) is 46.4 Å². The Hall–Kier alpha value is -0.860. The van der Waals surface area contributed by atoms with Gasteiger partial charge in [-0.3, -0.25) is 4.79 Å². The molecule has 0 radical (unpaired) electrons. The highest BCUT2D eigenvalue weighted by Gasteiger charge is 2.04. The lowest BCUT2D eigenvalue weighted by Crippen LogP contribution is -1.99. The third-order valence-electron chi connectivity index (χ3n) is 2.25. The number of alkyl halides is 1. The summed E-state index contributed by atoms with van der Waals surface area (Å²) in [6, 6.07) is 11.6. The third kappa shape index (κ3) is 2.21. The fourth-order valence-corrected chi connectivity index (χ4v) is 2.00. The van der Waals surface area contributed by atoms with Crippen LogP contribution in [0.15, 0.2) is 40.9 Å². The zero-order valence-corrected chi connectivity index (χ0v) is 10.2. The number of hydrogen-bond acceptors (Lipinski definition) is 1. The minimum atomic E-state index is -0.0403. The smallest absolute Gasteiger partial charge is 0.177 e. The molecular formula is C12H8BrClO. The van der Waals surface area contributed by atoms with Crippen molar-refractivity contribution in [3.63, 3.8) is 0 Å². The number of hydrogen-bond donors (Lipinski definition) is 0. The second-order valence-corrected chi connectivity index (χ2v) is 4.45. The molecule has 2 aromatic carbocycles. The molecule has 3 heteroatoms. The molecule has 0 aliphatic heterocycles. The predicted molar refractivity (Wildman–Crippen MR) is 66.7 cm³/mol. The summed E-state index contributed by atoms with van der Waals surface area (Å²) < 4.78 is 1.03. The Labute approximate surface area is 101 Å². The molecule has 0 heterocycles. The van der Waals surface area contributed by atoms with Gasteiger partial charge < -0.3 is 0 Å². The van der Waals surface area contributed by atoms with E-state index in [1.165, 1.54) is 0 Å². The van der Waals surface area contributed by atoms with Crippen LogP contribution in [0.1, 0.15) is 10.4 Å². The normalized spacial score (nSPS) is 10.5. The summed E-state index contributed by atoms with van der Waals surface area (Å²) in [6.45, 7) is 0. The number of rotatable bonds is 2. The SMILES string of the molecule is O=C(CCl)c1ccc2cc(Br)ccc2c1. The fourth-order valence-electron chi connectivity index (χ4n) is 1.47. The topological polar surface area (TPSA) is 17.1 Å². The van der Waals surface area contributed by atoms with E-state index in [1.807, 2.05) is 30.3 Å². The van der Waals surface area contributed by atoms with Crippen LogP contribution in [-0.4, -0.2) is 11.7 Å². The molecule has 0 amide bonds. The van der Waals surface area contributed by atoms with Gasteiger partial charge in [0, 0.05) is 10.0 Å². The summed E-state index contributed by atoms with van der Waals surface area (Å²) in [5, 5.41) is 2.16. The maximum Gasteiger partial charge on any atom is 0.177 e. The van der Waals surface area contributed by atoms with E-state index in [0.717, 1.165) is 15.2 Å². The number of carbonyl (C=O) groups excluding carboxylic acids is 1. The minimum absolute atomic E-state index is 0.0298. The highest BCUT2D eigenvalue weighted by molar-refractivity contribution is 9.10. The lowest BCUT2D eigenvalue weighted by atomic mass is 10.1. The predicted octanol–water partition coefficient (Wildman–Crippen LogP) is 4.02. The highest BCUT2D eigenvalue weighted by atomic mass is 79.9. The first-order valence-electron chi connectivity index (χ1n) is 4.49. The summed E-state index contributed by atoms with van der Waals surface area (Å²) in [5.74, 6) is -0.0105. The van der Waals surface area contributed by atoms with Gasteiger partial charge in [-0.25, -0.2) is 0 Å². The molecule has 0 saturated carbocycles. The van der Waals surface area contributed by atoms with Gasteiger partial charge in [0.05, 0.1) is 5.88 Å². The van der Waals surface area contributed by atoms with Crippen LogP contribution in [0, 0.1) is 0 Å². The molecule has 0 spiro atoms. The Morgan fingerprint density at radius 2 is 1.80 bits per heavy atom. The molecule has 2 rings (SSSR count). The highest BCUT2D eigenvalue weighted by Crippen LogP contribution is 2.21. The van der Waals surface area contributed by atoms with E-state index in [2.05, 4.69) is 15.9 Å². The lowest BCUT2D eigenvalue weighted by Gasteiger charge is -2.01. The monoisotopic (exact) mass is 282 g/mol. The van der Waals surface area contributed by atoms with E-state index >= 15 is 0 Å². The summed E-state index contributed by atoms with van der Waals surface area (Å²) in [4.78, 5) is 11.4. The number of carbonyl (C=O) groups is 1. The molecule has 0 aliphatic rings. The quantitative estimate of drug-likeness (QED) is 0.601. The van der Waals surface area contributed by atoms with Gasteiger partial charge in [0.1, 0.15) is 0 Å². The summed E-state index contributed by atoms with van der Waals surface area (Å²) in [6.07, 6.45) is 0. The van der Waals surface area contributed by atoms with Gasteiger partial charge in [-0.15, -0.1) is 11.6 Å². The van der Waals surface area contributed by atoms with Gasteiger partial charge in [-0.2, -0.15) is 0 Å². The van der Waals surface area contributed by atoms with Crippen LogP contribution in [0.5, 0.6) is 0 Å². The molecule has 15 heavy (non-hydrogen) atoms. The van der Waals surface area contributed by atoms with Gasteiger partial charge in [-0.05, 0) is 29.0 Å². The Bertz CT molecular complexity index is 522. The van der Waals surface area contributed by atoms with Gasteiger partial charge in [0.15, 0.2) is 5.78 Å². The summed E-state index contributed by atoms with van der Waals surface area (Å²) in [7, 11) is 0. The molecule has 0 aliphatic carbocycles. The summed E-state index contributed by atoms with van der Waals surface area (Å²) in [5.41, 5.74) is 0.667. The molecule has 0 fully saturated rings. The van der Waals surface area contributed by atoms with E-state index in [9.17, 15) is 4.79 Å². The molecule has 0 bridgehead atoms. The third-order valence-corrected chi connectivity index (χ3v) is 2.98. The molecular weight excluding hydrogens is 275 g/mol. The maximum absolute atomic E-state index is 11.4. The van der Waals surface area contributed by atoms with Crippen molar-refractivity contribution in [2.45, 2.75) is 0 Å². The molecule has 0 saturated heterocycles. The van der Waals surface area contributed by atoms with Crippen LogP contribution in [0.3, 0.4) is 0 Å². The van der Waals surface area contributed by atoms with Crippen molar-refractivity contribution in [1.82, 2.24) is 0 Å². The Kier molecular flexibility index (Phi) is 3.08. The van der Waals surface area contributed by atoms with E-state index < -0.39 is 0 Å². The van der Waals surface area contributed by atoms with Crippen LogP contribution in [0.25, 0.3) is 10.8 Å². The molecule has 0 aromatic heterocycles. The average Bonchev–Trinajstić information content (AvgIpc) is 2.27. The van der Waals surface area contributed by atoms with Gasteiger partial charge in [0.25, 0.3) is 0 Å². The number of fused-ring (bicyclic) bond motifs is 1. The zero-order chi connectivity index (χ0) is 10.8. The molecule has 0 unspecified atom stereocenters. The summed E-state index contributed by atoms with van der Waals surface area (Å²) >= 11 is 8.91.